The molecule has 1 atom stereocenters. The fourth-order valence-corrected chi connectivity index (χ4v) is 2.26. The highest BCUT2D eigenvalue weighted by Gasteiger charge is 2.17. The number of hydrogen-bond acceptors (Lipinski definition) is 5. The highest BCUT2D eigenvalue weighted by molar-refractivity contribution is 5.94. The largest absolute Gasteiger partial charge is 0.495 e. The van der Waals surface area contributed by atoms with Crippen molar-refractivity contribution in [1.82, 2.24) is 5.32 Å². The highest BCUT2D eigenvalue weighted by Crippen LogP contribution is 2.27. The predicted octanol–water partition coefficient (Wildman–Crippen LogP) is 0.971. The molecule has 1 aliphatic heterocycles. The van der Waals surface area contributed by atoms with Crippen LogP contribution in [0.1, 0.15) is 13.3 Å². The molecule has 120 valence electrons. The molecule has 1 aromatic carbocycles. The monoisotopic (exact) mass is 307 g/mol. The Morgan fingerprint density at radius 3 is 2.86 bits per heavy atom. The zero-order valence-corrected chi connectivity index (χ0v) is 12.8. The number of anilines is 2. The molecule has 0 aromatic heterocycles. The number of nitrogens with one attached hydrogen (secondary N) is 3. The van der Waals surface area contributed by atoms with Crippen LogP contribution >= 0.6 is 0 Å². The van der Waals surface area contributed by atoms with Crippen molar-refractivity contribution < 1.29 is 19.1 Å². The van der Waals surface area contributed by atoms with E-state index in [2.05, 4.69) is 16.0 Å². The lowest BCUT2D eigenvalue weighted by atomic mass is 10.2. The smallest absolute Gasteiger partial charge is 0.226 e. The van der Waals surface area contributed by atoms with Crippen molar-refractivity contribution in [2.45, 2.75) is 19.4 Å². The molecule has 2 amide bonds. The van der Waals surface area contributed by atoms with Crippen LogP contribution < -0.4 is 20.7 Å². The Labute approximate surface area is 129 Å². The minimum absolute atomic E-state index is 0.0295. The molecular weight excluding hydrogens is 286 g/mol. The zero-order valence-electron chi connectivity index (χ0n) is 12.8. The van der Waals surface area contributed by atoms with Gasteiger partial charge in [-0.05, 0) is 18.2 Å². The Hall–Kier alpha value is -2.12. The van der Waals surface area contributed by atoms with Gasteiger partial charge in [0.1, 0.15) is 5.75 Å². The molecule has 22 heavy (non-hydrogen) atoms. The van der Waals surface area contributed by atoms with E-state index in [4.69, 9.17) is 9.47 Å². The minimum Gasteiger partial charge on any atom is -0.495 e. The third-order valence-electron chi connectivity index (χ3n) is 3.22. The van der Waals surface area contributed by atoms with Crippen LogP contribution in [0.4, 0.5) is 11.4 Å². The van der Waals surface area contributed by atoms with Crippen LogP contribution in [-0.4, -0.2) is 44.7 Å². The summed E-state index contributed by atoms with van der Waals surface area (Å²) in [5.74, 6) is 0.225. The summed E-state index contributed by atoms with van der Waals surface area (Å²) in [6.07, 6.45) is 0.335. The van der Waals surface area contributed by atoms with Crippen LogP contribution in [0.3, 0.4) is 0 Å². The number of benzene rings is 1. The van der Waals surface area contributed by atoms with Gasteiger partial charge in [-0.3, -0.25) is 9.59 Å². The molecule has 1 saturated heterocycles. The van der Waals surface area contributed by atoms with E-state index in [9.17, 15) is 9.59 Å². The van der Waals surface area contributed by atoms with Crippen molar-refractivity contribution in [1.29, 1.82) is 0 Å². The topological polar surface area (TPSA) is 88.7 Å². The first-order valence-corrected chi connectivity index (χ1v) is 7.15. The average Bonchev–Trinajstić information content (AvgIpc) is 2.48. The van der Waals surface area contributed by atoms with E-state index in [1.54, 1.807) is 18.2 Å². The minimum atomic E-state index is -0.203. The van der Waals surface area contributed by atoms with Gasteiger partial charge in [0, 0.05) is 31.6 Å². The maximum absolute atomic E-state index is 12.0. The summed E-state index contributed by atoms with van der Waals surface area (Å²) in [7, 11) is 1.52. The number of carbonyl (C=O) groups is 2. The SMILES string of the molecule is COc1ccc(NC(=O)CC2COCCN2)cc1NC(C)=O. The maximum atomic E-state index is 12.0. The van der Waals surface area contributed by atoms with Crippen LogP contribution in [0.15, 0.2) is 18.2 Å². The number of hydrogen-bond donors (Lipinski definition) is 3. The molecule has 0 spiro atoms. The Morgan fingerprint density at radius 1 is 1.41 bits per heavy atom. The van der Waals surface area contributed by atoms with Gasteiger partial charge < -0.3 is 25.4 Å². The first-order valence-electron chi connectivity index (χ1n) is 7.15. The molecule has 1 heterocycles. The van der Waals surface area contributed by atoms with Crippen molar-refractivity contribution in [2.75, 3.05) is 37.5 Å². The highest BCUT2D eigenvalue weighted by atomic mass is 16.5. The van der Waals surface area contributed by atoms with Crippen molar-refractivity contribution in [3.63, 3.8) is 0 Å². The number of rotatable bonds is 5. The van der Waals surface area contributed by atoms with Crippen molar-refractivity contribution in [3.8, 4) is 5.75 Å². The number of morpholine rings is 1. The molecule has 2 rings (SSSR count). The third-order valence-corrected chi connectivity index (χ3v) is 3.22. The van der Waals surface area contributed by atoms with Crippen LogP contribution in [0, 0.1) is 0 Å². The molecule has 0 saturated carbocycles. The maximum Gasteiger partial charge on any atom is 0.226 e. The molecule has 0 bridgehead atoms. The number of ether oxygens (including phenoxy) is 2. The molecule has 1 fully saturated rings. The van der Waals surface area contributed by atoms with E-state index >= 15 is 0 Å². The second-order valence-corrected chi connectivity index (χ2v) is 5.07. The van der Waals surface area contributed by atoms with Gasteiger partial charge in [0.15, 0.2) is 0 Å². The van der Waals surface area contributed by atoms with E-state index in [0.717, 1.165) is 6.54 Å². The predicted molar refractivity (Wildman–Crippen MR) is 83.2 cm³/mol. The van der Waals surface area contributed by atoms with Gasteiger partial charge in [-0.2, -0.15) is 0 Å². The molecule has 0 aliphatic carbocycles. The summed E-state index contributed by atoms with van der Waals surface area (Å²) in [4.78, 5) is 23.2. The third kappa shape index (κ3) is 4.71. The van der Waals surface area contributed by atoms with Gasteiger partial charge >= 0.3 is 0 Å². The lowest BCUT2D eigenvalue weighted by molar-refractivity contribution is -0.117. The van der Waals surface area contributed by atoms with E-state index in [1.165, 1.54) is 14.0 Å². The quantitative estimate of drug-likeness (QED) is 0.754. The number of methoxy groups -OCH3 is 1. The summed E-state index contributed by atoms with van der Waals surface area (Å²) in [5, 5.41) is 8.71. The van der Waals surface area contributed by atoms with Crippen LogP contribution in [0.25, 0.3) is 0 Å². The lowest BCUT2D eigenvalue weighted by Gasteiger charge is -2.23. The van der Waals surface area contributed by atoms with E-state index < -0.39 is 0 Å². The van der Waals surface area contributed by atoms with Gasteiger partial charge in [-0.25, -0.2) is 0 Å². The second kappa shape index (κ2) is 7.77. The summed E-state index contributed by atoms with van der Waals surface area (Å²) < 4.78 is 10.5. The van der Waals surface area contributed by atoms with E-state index in [-0.39, 0.29) is 17.9 Å². The summed E-state index contributed by atoms with van der Waals surface area (Å²) in [6, 6.07) is 5.13. The molecule has 0 radical (unpaired) electrons. The first-order chi connectivity index (χ1) is 10.6. The summed E-state index contributed by atoms with van der Waals surface area (Å²) >= 11 is 0. The van der Waals surface area contributed by atoms with Crippen molar-refractivity contribution in [2.24, 2.45) is 0 Å². The average molecular weight is 307 g/mol. The van der Waals surface area contributed by atoms with E-state index in [0.29, 0.717) is 36.8 Å². The Morgan fingerprint density at radius 2 is 2.23 bits per heavy atom. The van der Waals surface area contributed by atoms with Gasteiger partial charge in [-0.1, -0.05) is 0 Å². The van der Waals surface area contributed by atoms with Gasteiger partial charge in [0.05, 0.1) is 26.0 Å². The van der Waals surface area contributed by atoms with Crippen LogP contribution in [-0.2, 0) is 14.3 Å². The number of carbonyl (C=O) groups excluding carboxylic acids is 2. The van der Waals surface area contributed by atoms with Gasteiger partial charge in [-0.15, -0.1) is 0 Å². The van der Waals surface area contributed by atoms with Gasteiger partial charge in [0.25, 0.3) is 0 Å². The van der Waals surface area contributed by atoms with Crippen molar-refractivity contribution in [3.05, 3.63) is 18.2 Å². The fourth-order valence-electron chi connectivity index (χ4n) is 2.26. The molecule has 1 aromatic rings. The molecular formula is C15H21N3O4. The van der Waals surface area contributed by atoms with Gasteiger partial charge in [0.2, 0.25) is 11.8 Å². The molecule has 7 heteroatoms. The molecule has 7 nitrogen and oxygen atoms in total. The fraction of sp³-hybridized carbons (Fsp3) is 0.467. The Kier molecular flexibility index (Phi) is 5.74. The molecule has 3 N–H and O–H groups in total. The lowest BCUT2D eigenvalue weighted by Crippen LogP contribution is -2.43. The summed E-state index contributed by atoms with van der Waals surface area (Å²) in [6.45, 7) is 3.39. The normalized spacial score (nSPS) is 17.6. The molecule has 1 unspecified atom stereocenters. The van der Waals surface area contributed by atoms with Crippen LogP contribution in [0.5, 0.6) is 5.75 Å². The van der Waals surface area contributed by atoms with E-state index in [1.807, 2.05) is 0 Å². The zero-order chi connectivity index (χ0) is 15.9. The Bertz CT molecular complexity index is 542. The number of amides is 2. The Balaban J connectivity index is 1.99. The van der Waals surface area contributed by atoms with Crippen LogP contribution in [0.2, 0.25) is 0 Å². The second-order valence-electron chi connectivity index (χ2n) is 5.07. The standard InChI is InChI=1S/C15H21N3O4/c1-10(19)17-13-7-11(3-4-14(13)21-2)18-15(20)8-12-9-22-6-5-16-12/h3-4,7,12,16H,5-6,8-9H2,1-2H3,(H,17,19)(H,18,20). The van der Waals surface area contributed by atoms with Crippen molar-refractivity contribution >= 4 is 23.2 Å². The first kappa shape index (κ1) is 16.3. The summed E-state index contributed by atoms with van der Waals surface area (Å²) in [5.41, 5.74) is 1.12. The molecule has 1 aliphatic rings.